The molecule has 0 N–H and O–H groups in total. The van der Waals surface area contributed by atoms with E-state index in [1.165, 1.54) is 6.07 Å². The molecule has 0 saturated carbocycles. The van der Waals surface area contributed by atoms with Gasteiger partial charge in [-0.25, -0.2) is 8.78 Å². The first-order valence-corrected chi connectivity index (χ1v) is 2.12. The van der Waals surface area contributed by atoms with Crippen LogP contribution in [0.2, 0.25) is 0 Å². The van der Waals surface area contributed by atoms with Crippen LogP contribution in [0.5, 0.6) is 0 Å². The van der Waals surface area contributed by atoms with Crippen molar-refractivity contribution in [2.24, 2.45) is 0 Å². The molecule has 1 rings (SSSR count). The Bertz CT molecular complexity index is 171. The van der Waals surface area contributed by atoms with Gasteiger partial charge in [0.05, 0.1) is 0 Å². The Morgan fingerprint density at radius 1 is 1.11 bits per heavy atom. The SMILES string of the molecule is Fc1[c-]c(F)ccc1.[Mn]. The summed E-state index contributed by atoms with van der Waals surface area (Å²) in [4.78, 5) is 0. The van der Waals surface area contributed by atoms with E-state index in [1.54, 1.807) is 0 Å². The average Bonchev–Trinajstić information content (AvgIpc) is 1.64. The number of hydrogen-bond donors (Lipinski definition) is 0. The molecule has 9 heavy (non-hydrogen) atoms. The third kappa shape index (κ3) is 2.59. The van der Waals surface area contributed by atoms with Crippen LogP contribution in [0.1, 0.15) is 0 Å². The van der Waals surface area contributed by atoms with Crippen molar-refractivity contribution in [1.29, 1.82) is 0 Å². The van der Waals surface area contributed by atoms with Gasteiger partial charge in [0.2, 0.25) is 0 Å². The van der Waals surface area contributed by atoms with Crippen molar-refractivity contribution in [3.63, 3.8) is 0 Å². The van der Waals surface area contributed by atoms with Crippen LogP contribution in [0.25, 0.3) is 0 Å². The van der Waals surface area contributed by atoms with Crippen molar-refractivity contribution in [2.45, 2.75) is 0 Å². The Labute approximate surface area is 62.4 Å². The molecule has 1 aromatic carbocycles. The third-order valence-corrected chi connectivity index (χ3v) is 0.724. The molecule has 0 unspecified atom stereocenters. The summed E-state index contributed by atoms with van der Waals surface area (Å²) < 4.78 is 23.7. The van der Waals surface area contributed by atoms with Crippen LogP contribution >= 0.6 is 0 Å². The molecule has 49 valence electrons. The zero-order valence-corrected chi connectivity index (χ0v) is 5.55. The van der Waals surface area contributed by atoms with Crippen LogP contribution in [-0.2, 0) is 17.1 Å². The van der Waals surface area contributed by atoms with Crippen molar-refractivity contribution in [1.82, 2.24) is 0 Å². The molecule has 0 bridgehead atoms. The van der Waals surface area contributed by atoms with Gasteiger partial charge in [-0.3, -0.25) is 0 Å². The van der Waals surface area contributed by atoms with Crippen molar-refractivity contribution >= 4 is 0 Å². The summed E-state index contributed by atoms with van der Waals surface area (Å²) in [6.07, 6.45) is 0. The predicted octanol–water partition coefficient (Wildman–Crippen LogP) is 1.76. The van der Waals surface area contributed by atoms with E-state index in [1.807, 2.05) is 6.07 Å². The molecule has 0 heterocycles. The second-order valence-electron chi connectivity index (χ2n) is 1.35. The van der Waals surface area contributed by atoms with Gasteiger partial charge in [0.15, 0.2) is 0 Å². The van der Waals surface area contributed by atoms with E-state index in [0.29, 0.717) is 0 Å². The van der Waals surface area contributed by atoms with E-state index >= 15 is 0 Å². The minimum Gasteiger partial charge on any atom is -0.236 e. The summed E-state index contributed by atoms with van der Waals surface area (Å²) in [6.45, 7) is 0. The minimum absolute atomic E-state index is 0. The van der Waals surface area contributed by atoms with Crippen molar-refractivity contribution in [3.05, 3.63) is 35.9 Å². The third-order valence-electron chi connectivity index (χ3n) is 0.724. The van der Waals surface area contributed by atoms with Gasteiger partial charge in [0.1, 0.15) is 0 Å². The Morgan fingerprint density at radius 3 is 1.78 bits per heavy atom. The van der Waals surface area contributed by atoms with E-state index in [-0.39, 0.29) is 17.1 Å². The van der Waals surface area contributed by atoms with Crippen LogP contribution in [0.3, 0.4) is 0 Å². The maximum atomic E-state index is 11.9. The summed E-state index contributed by atoms with van der Waals surface area (Å²) >= 11 is 0. The molecule has 0 amide bonds. The van der Waals surface area contributed by atoms with Crippen molar-refractivity contribution in [3.8, 4) is 0 Å². The molecule has 0 aromatic heterocycles. The zero-order chi connectivity index (χ0) is 5.98. The molecule has 0 aliphatic heterocycles. The van der Waals surface area contributed by atoms with Crippen molar-refractivity contribution in [2.75, 3.05) is 0 Å². The fraction of sp³-hybridized carbons (Fsp3) is 0. The van der Waals surface area contributed by atoms with Gasteiger partial charge >= 0.3 is 0 Å². The second kappa shape index (κ2) is 3.59. The molecule has 0 aliphatic rings. The van der Waals surface area contributed by atoms with E-state index in [2.05, 4.69) is 0 Å². The summed E-state index contributed by atoms with van der Waals surface area (Å²) in [7, 11) is 0. The number of halogens is 2. The summed E-state index contributed by atoms with van der Waals surface area (Å²) in [5.41, 5.74) is 0. The molecule has 0 nitrogen and oxygen atoms in total. The summed E-state index contributed by atoms with van der Waals surface area (Å²) in [6, 6.07) is 5.41. The van der Waals surface area contributed by atoms with Crippen LogP contribution in [0, 0.1) is 17.7 Å². The molecule has 1 aromatic rings. The summed E-state index contributed by atoms with van der Waals surface area (Å²) in [5.74, 6) is -1.32. The van der Waals surface area contributed by atoms with Crippen LogP contribution in [0.15, 0.2) is 18.2 Å². The Hall–Kier alpha value is -0.401. The van der Waals surface area contributed by atoms with E-state index < -0.39 is 11.6 Å². The van der Waals surface area contributed by atoms with Gasteiger partial charge in [-0.15, -0.1) is 18.2 Å². The predicted molar refractivity (Wildman–Crippen MR) is 25.2 cm³/mol. The molecule has 3 heteroatoms. The monoisotopic (exact) mass is 168 g/mol. The number of benzene rings is 1. The molecule has 0 spiro atoms. The van der Waals surface area contributed by atoms with Gasteiger partial charge in [-0.05, 0) is 0 Å². The van der Waals surface area contributed by atoms with Crippen molar-refractivity contribution < 1.29 is 25.8 Å². The van der Waals surface area contributed by atoms with Crippen LogP contribution in [-0.4, -0.2) is 0 Å². The molecule has 1 radical (unpaired) electrons. The molecule has 0 fully saturated rings. The first kappa shape index (κ1) is 8.60. The molecule has 0 aliphatic carbocycles. The maximum Gasteiger partial charge on any atom is 0.0136 e. The largest absolute Gasteiger partial charge is 0.236 e. The Kier molecular flexibility index (Phi) is 3.43. The van der Waals surface area contributed by atoms with Gasteiger partial charge in [0.25, 0.3) is 0 Å². The van der Waals surface area contributed by atoms with Gasteiger partial charge in [0, 0.05) is 28.7 Å². The average molecular weight is 168 g/mol. The van der Waals surface area contributed by atoms with Crippen LogP contribution in [0.4, 0.5) is 8.78 Å². The molecular weight excluding hydrogens is 165 g/mol. The van der Waals surface area contributed by atoms with E-state index in [9.17, 15) is 8.78 Å². The fourth-order valence-corrected chi connectivity index (χ4v) is 0.414. The van der Waals surface area contributed by atoms with E-state index in [4.69, 9.17) is 0 Å². The van der Waals surface area contributed by atoms with Crippen LogP contribution < -0.4 is 0 Å². The van der Waals surface area contributed by atoms with E-state index in [0.717, 1.165) is 12.1 Å². The number of rotatable bonds is 0. The molecule has 0 atom stereocenters. The van der Waals surface area contributed by atoms with Gasteiger partial charge in [-0.2, -0.15) is 6.07 Å². The zero-order valence-electron chi connectivity index (χ0n) is 4.37. The maximum absolute atomic E-state index is 11.9. The quantitative estimate of drug-likeness (QED) is 0.409. The normalized spacial score (nSPS) is 8.22. The standard InChI is InChI=1S/C6H3F2.Mn/c7-5-2-1-3-6(8)4-5;/h1-3H;/q-1;. The van der Waals surface area contributed by atoms with Gasteiger partial charge in [-0.1, -0.05) is 0 Å². The molecular formula is C6H3F2Mn-. The summed E-state index contributed by atoms with van der Waals surface area (Å²) in [5, 5.41) is 0. The topological polar surface area (TPSA) is 0 Å². The minimum atomic E-state index is -0.662. The Balaban J connectivity index is 0.000000640. The first-order valence-electron chi connectivity index (χ1n) is 2.12. The Morgan fingerprint density at radius 2 is 1.56 bits per heavy atom. The number of hydrogen-bond acceptors (Lipinski definition) is 0. The van der Waals surface area contributed by atoms with Gasteiger partial charge < -0.3 is 0 Å². The molecule has 0 saturated heterocycles. The second-order valence-corrected chi connectivity index (χ2v) is 1.35. The fourth-order valence-electron chi connectivity index (χ4n) is 0.414. The smallest absolute Gasteiger partial charge is 0.0136 e. The first-order chi connectivity index (χ1) is 3.79.